The molecule has 2 aromatic carbocycles. The molecule has 5 nitrogen and oxygen atoms in total. The van der Waals surface area contributed by atoms with Crippen molar-refractivity contribution in [2.75, 3.05) is 10.6 Å². The number of nitrogens with one attached hydrogen (secondary N) is 3. The SMILES string of the molecule is O=C(Nc1ccccc1)Nc1ccc(C(=O)NC2CCc3ccccc32)s1. The van der Waals surface area contributed by atoms with Crippen LogP contribution >= 0.6 is 11.3 Å². The molecule has 3 aromatic rings. The highest BCUT2D eigenvalue weighted by atomic mass is 32.1. The Labute approximate surface area is 161 Å². The fourth-order valence-electron chi connectivity index (χ4n) is 3.26. The minimum atomic E-state index is -0.334. The first-order valence-corrected chi connectivity index (χ1v) is 9.62. The number of thiophene rings is 1. The van der Waals surface area contributed by atoms with Gasteiger partial charge >= 0.3 is 6.03 Å². The maximum absolute atomic E-state index is 12.6. The number of fused-ring (bicyclic) bond motifs is 1. The zero-order valence-corrected chi connectivity index (χ0v) is 15.4. The molecule has 4 rings (SSSR count). The van der Waals surface area contributed by atoms with Gasteiger partial charge in [-0.2, -0.15) is 0 Å². The van der Waals surface area contributed by atoms with Crippen molar-refractivity contribution in [2.24, 2.45) is 0 Å². The Bertz CT molecular complexity index is 968. The van der Waals surface area contributed by atoms with Gasteiger partial charge in [0.15, 0.2) is 0 Å². The highest BCUT2D eigenvalue weighted by molar-refractivity contribution is 7.18. The fourth-order valence-corrected chi connectivity index (χ4v) is 4.06. The summed E-state index contributed by atoms with van der Waals surface area (Å²) >= 11 is 1.26. The standard InChI is InChI=1S/C21H19N3O2S/c25-20(23-17-11-10-14-6-4-5-9-16(14)17)18-12-13-19(27-18)24-21(26)22-15-7-2-1-3-8-15/h1-9,12-13,17H,10-11H2,(H,23,25)(H2,22,24,26). The second-order valence-corrected chi connectivity index (χ2v) is 7.46. The van der Waals surface area contributed by atoms with E-state index in [1.54, 1.807) is 12.1 Å². The van der Waals surface area contributed by atoms with Gasteiger partial charge in [0, 0.05) is 5.69 Å². The van der Waals surface area contributed by atoms with Crippen molar-refractivity contribution >= 4 is 34.0 Å². The monoisotopic (exact) mass is 377 g/mol. The van der Waals surface area contributed by atoms with E-state index < -0.39 is 0 Å². The molecule has 0 spiro atoms. The van der Waals surface area contributed by atoms with E-state index in [1.165, 1.54) is 22.5 Å². The molecule has 0 radical (unpaired) electrons. The summed E-state index contributed by atoms with van der Waals surface area (Å²) < 4.78 is 0. The predicted octanol–water partition coefficient (Wildman–Crippen LogP) is 4.81. The molecule has 1 heterocycles. The van der Waals surface area contributed by atoms with Gasteiger partial charge in [-0.15, -0.1) is 11.3 Å². The Balaban J connectivity index is 1.36. The van der Waals surface area contributed by atoms with Crippen molar-refractivity contribution in [3.8, 4) is 0 Å². The van der Waals surface area contributed by atoms with E-state index >= 15 is 0 Å². The molecular formula is C21H19N3O2S. The van der Waals surface area contributed by atoms with Crippen LogP contribution in [-0.2, 0) is 6.42 Å². The summed E-state index contributed by atoms with van der Waals surface area (Å²) in [5.74, 6) is -0.113. The first-order valence-electron chi connectivity index (χ1n) is 8.80. The lowest BCUT2D eigenvalue weighted by molar-refractivity contribution is 0.0941. The van der Waals surface area contributed by atoms with Gasteiger partial charge in [0.1, 0.15) is 0 Å². The number of carbonyl (C=O) groups excluding carboxylic acids is 2. The van der Waals surface area contributed by atoms with Gasteiger partial charge in [0.05, 0.1) is 15.9 Å². The van der Waals surface area contributed by atoms with Crippen LogP contribution in [0.5, 0.6) is 0 Å². The van der Waals surface area contributed by atoms with E-state index in [0.717, 1.165) is 12.8 Å². The third-order valence-corrected chi connectivity index (χ3v) is 5.54. The number of hydrogen-bond donors (Lipinski definition) is 3. The molecule has 3 N–H and O–H groups in total. The number of hydrogen-bond acceptors (Lipinski definition) is 3. The maximum atomic E-state index is 12.6. The summed E-state index contributed by atoms with van der Waals surface area (Å²) in [5, 5.41) is 9.24. The van der Waals surface area contributed by atoms with E-state index in [2.05, 4.69) is 28.1 Å². The van der Waals surface area contributed by atoms with Crippen LogP contribution in [0.4, 0.5) is 15.5 Å². The fraction of sp³-hybridized carbons (Fsp3) is 0.143. The van der Waals surface area contributed by atoms with Crippen molar-refractivity contribution in [1.29, 1.82) is 0 Å². The molecule has 0 fully saturated rings. The summed E-state index contributed by atoms with van der Waals surface area (Å²) in [5.41, 5.74) is 3.21. The molecule has 27 heavy (non-hydrogen) atoms. The lowest BCUT2D eigenvalue weighted by Crippen LogP contribution is -2.26. The molecule has 1 aromatic heterocycles. The predicted molar refractivity (Wildman–Crippen MR) is 108 cm³/mol. The number of rotatable bonds is 4. The minimum Gasteiger partial charge on any atom is -0.345 e. The van der Waals surface area contributed by atoms with E-state index in [-0.39, 0.29) is 18.0 Å². The van der Waals surface area contributed by atoms with Crippen LogP contribution < -0.4 is 16.0 Å². The summed E-state index contributed by atoms with van der Waals surface area (Å²) in [6.45, 7) is 0. The van der Waals surface area contributed by atoms with E-state index in [4.69, 9.17) is 0 Å². The molecular weight excluding hydrogens is 358 g/mol. The number of carbonyl (C=O) groups is 2. The van der Waals surface area contributed by atoms with Gasteiger partial charge < -0.3 is 10.6 Å². The van der Waals surface area contributed by atoms with Gasteiger partial charge in [-0.1, -0.05) is 42.5 Å². The van der Waals surface area contributed by atoms with Crippen LogP contribution in [-0.4, -0.2) is 11.9 Å². The Morgan fingerprint density at radius 1 is 0.889 bits per heavy atom. The molecule has 1 unspecified atom stereocenters. The highest BCUT2D eigenvalue weighted by Crippen LogP contribution is 2.31. The number of para-hydroxylation sites is 1. The molecule has 3 amide bonds. The molecule has 1 aliphatic rings. The molecule has 0 saturated carbocycles. The lowest BCUT2D eigenvalue weighted by atomic mass is 10.1. The zero-order chi connectivity index (χ0) is 18.6. The van der Waals surface area contributed by atoms with Crippen LogP contribution in [0.15, 0.2) is 66.7 Å². The Hall–Kier alpha value is -3.12. The normalized spacial score (nSPS) is 15.0. The third kappa shape index (κ3) is 4.01. The number of anilines is 2. The first-order chi connectivity index (χ1) is 13.2. The largest absolute Gasteiger partial charge is 0.345 e. The molecule has 136 valence electrons. The van der Waals surface area contributed by atoms with Gasteiger partial charge in [-0.3, -0.25) is 10.1 Å². The van der Waals surface area contributed by atoms with Crippen molar-refractivity contribution in [3.63, 3.8) is 0 Å². The van der Waals surface area contributed by atoms with Gasteiger partial charge in [-0.05, 0) is 48.2 Å². The van der Waals surface area contributed by atoms with E-state index in [1.807, 2.05) is 42.5 Å². The second-order valence-electron chi connectivity index (χ2n) is 6.37. The van der Waals surface area contributed by atoms with Crippen LogP contribution in [0, 0.1) is 0 Å². The van der Waals surface area contributed by atoms with Gasteiger partial charge in [0.2, 0.25) is 0 Å². The second kappa shape index (κ2) is 7.63. The minimum absolute atomic E-state index is 0.0496. The van der Waals surface area contributed by atoms with Gasteiger partial charge in [0.25, 0.3) is 5.91 Å². The zero-order valence-electron chi connectivity index (χ0n) is 14.6. The highest BCUT2D eigenvalue weighted by Gasteiger charge is 2.24. The number of urea groups is 1. The number of aryl methyl sites for hydroxylation is 1. The number of amides is 3. The van der Waals surface area contributed by atoms with Crippen molar-refractivity contribution in [2.45, 2.75) is 18.9 Å². The number of benzene rings is 2. The quantitative estimate of drug-likeness (QED) is 0.611. The lowest BCUT2D eigenvalue weighted by Gasteiger charge is -2.13. The first kappa shape index (κ1) is 17.3. The average molecular weight is 377 g/mol. The molecule has 1 atom stereocenters. The van der Waals surface area contributed by atoms with Crippen molar-refractivity contribution in [3.05, 3.63) is 82.7 Å². The third-order valence-electron chi connectivity index (χ3n) is 4.54. The van der Waals surface area contributed by atoms with Crippen LogP contribution in [0.1, 0.15) is 33.3 Å². The summed E-state index contributed by atoms with van der Waals surface area (Å²) in [7, 11) is 0. The van der Waals surface area contributed by atoms with Gasteiger partial charge in [-0.25, -0.2) is 4.79 Å². The average Bonchev–Trinajstić information content (AvgIpc) is 3.30. The molecule has 6 heteroatoms. The maximum Gasteiger partial charge on any atom is 0.324 e. The van der Waals surface area contributed by atoms with E-state index in [0.29, 0.717) is 15.6 Å². The molecule has 0 saturated heterocycles. The molecule has 0 aliphatic heterocycles. The van der Waals surface area contributed by atoms with Crippen LogP contribution in [0.3, 0.4) is 0 Å². The summed E-state index contributed by atoms with van der Waals surface area (Å²) in [6, 6.07) is 20.6. The van der Waals surface area contributed by atoms with Crippen LogP contribution in [0.2, 0.25) is 0 Å². The summed E-state index contributed by atoms with van der Waals surface area (Å²) in [4.78, 5) is 25.2. The van der Waals surface area contributed by atoms with Crippen molar-refractivity contribution in [1.82, 2.24) is 5.32 Å². The Morgan fingerprint density at radius 2 is 1.67 bits per heavy atom. The smallest absolute Gasteiger partial charge is 0.324 e. The molecule has 0 bridgehead atoms. The topological polar surface area (TPSA) is 70.2 Å². The van der Waals surface area contributed by atoms with E-state index in [9.17, 15) is 9.59 Å². The Kier molecular flexibility index (Phi) is 4.89. The van der Waals surface area contributed by atoms with Crippen molar-refractivity contribution < 1.29 is 9.59 Å². The Morgan fingerprint density at radius 3 is 2.52 bits per heavy atom. The van der Waals surface area contributed by atoms with Crippen LogP contribution in [0.25, 0.3) is 0 Å². The summed E-state index contributed by atoms with van der Waals surface area (Å²) in [6.07, 6.45) is 1.90. The molecule has 1 aliphatic carbocycles.